The van der Waals surface area contributed by atoms with Gasteiger partial charge >= 0.3 is 0 Å². The predicted molar refractivity (Wildman–Crippen MR) is 168 cm³/mol. The van der Waals surface area contributed by atoms with E-state index in [1.165, 1.54) is 82.6 Å². The molecule has 0 unspecified atom stereocenters. The summed E-state index contributed by atoms with van der Waals surface area (Å²) in [6, 6.07) is 4.40. The topological polar surface area (TPSA) is 23.5 Å². The molecule has 1 aromatic rings. The largest absolute Gasteiger partial charge is 0.507 e. The Kier molecular flexibility index (Phi) is 15.7. The Hall–Kier alpha value is -0.740. The minimum absolute atomic E-state index is 0.104. The summed E-state index contributed by atoms with van der Waals surface area (Å²) in [5.74, 6) is 1.31. The van der Waals surface area contributed by atoms with Crippen LogP contribution in [0.4, 0.5) is 0 Å². The van der Waals surface area contributed by atoms with E-state index >= 15 is 0 Å². The molecule has 0 amide bonds. The molecule has 208 valence electrons. The van der Waals surface area contributed by atoms with Gasteiger partial charge in [0.05, 0.1) is 0 Å². The molecule has 0 aliphatic heterocycles. The van der Waals surface area contributed by atoms with Crippen LogP contribution in [-0.2, 0) is 16.6 Å². The zero-order chi connectivity index (χ0) is 27.2. The number of hydrogen-bond donors (Lipinski definition) is 1. The van der Waals surface area contributed by atoms with Crippen LogP contribution < -0.4 is 0 Å². The Balaban J connectivity index is 2.85. The summed E-state index contributed by atoms with van der Waals surface area (Å²) in [5.41, 5.74) is 3.12. The maximum Gasteiger partial charge on any atom is 0.136 e. The van der Waals surface area contributed by atoms with Crippen molar-refractivity contribution < 1.29 is 5.11 Å². The summed E-state index contributed by atoms with van der Waals surface area (Å²) in [6.07, 6.45) is 15.8. The van der Waals surface area contributed by atoms with Gasteiger partial charge in [-0.15, -0.1) is 0 Å². The first-order chi connectivity index (χ1) is 16.9. The van der Waals surface area contributed by atoms with Crippen molar-refractivity contribution in [3.63, 3.8) is 0 Å². The lowest BCUT2D eigenvalue weighted by molar-refractivity contribution is 0.395. The molecule has 4 heteroatoms. The van der Waals surface area contributed by atoms with E-state index in [9.17, 15) is 5.11 Å². The minimum Gasteiger partial charge on any atom is -0.507 e. The second-order valence-electron chi connectivity index (χ2n) is 12.6. The zero-order valence-electron chi connectivity index (χ0n) is 25.0. The molecule has 0 aromatic heterocycles. The summed E-state index contributed by atoms with van der Waals surface area (Å²) < 4.78 is 1.04. The Bertz CT molecular complexity index is 709. The molecule has 0 bridgehead atoms. The van der Waals surface area contributed by atoms with Gasteiger partial charge in [0.1, 0.15) is 10.1 Å². The first-order valence-corrected chi connectivity index (χ1v) is 16.1. The van der Waals surface area contributed by atoms with E-state index in [0.717, 1.165) is 34.3 Å². The monoisotopic (exact) mass is 535 g/mol. The van der Waals surface area contributed by atoms with Gasteiger partial charge in [-0.05, 0) is 40.4 Å². The fraction of sp³-hybridized carbons (Fsp3) is 0.781. The van der Waals surface area contributed by atoms with E-state index in [1.807, 2.05) is 0 Å². The molecule has 0 spiro atoms. The standard InChI is InChI=1S/C32H57NOS2/c1-9-11-13-15-17-19-21-33(22-20-18-16-14-12-10-2)30(35)36-25-26-23-27(31(3,4)5)29(34)28(24-26)32(6,7)8/h23-24,34H,9-22,25H2,1-8H3. The van der Waals surface area contributed by atoms with Crippen LogP contribution in [0.3, 0.4) is 0 Å². The molecule has 0 aliphatic carbocycles. The predicted octanol–water partition coefficient (Wildman–Crippen LogP) is 10.5. The SMILES string of the molecule is CCCCCCCCN(CCCCCCCC)C(=S)SCc1cc(C(C)(C)C)c(O)c(C(C)(C)C)c1. The van der Waals surface area contributed by atoms with Gasteiger partial charge in [-0.1, -0.05) is 156 Å². The Morgan fingerprint density at radius 1 is 0.722 bits per heavy atom. The maximum atomic E-state index is 11.1. The van der Waals surface area contributed by atoms with Crippen molar-refractivity contribution in [2.75, 3.05) is 13.1 Å². The molecule has 0 fully saturated rings. The van der Waals surface area contributed by atoms with Gasteiger partial charge in [0.2, 0.25) is 0 Å². The molecule has 0 atom stereocenters. The summed E-state index contributed by atoms with van der Waals surface area (Å²) in [7, 11) is 0. The van der Waals surface area contributed by atoms with Crippen LogP contribution >= 0.6 is 24.0 Å². The summed E-state index contributed by atoms with van der Waals surface area (Å²) in [4.78, 5) is 2.48. The number of thioether (sulfide) groups is 1. The smallest absolute Gasteiger partial charge is 0.136 e. The Morgan fingerprint density at radius 3 is 1.50 bits per heavy atom. The first kappa shape index (κ1) is 33.3. The van der Waals surface area contributed by atoms with Crippen molar-refractivity contribution in [1.29, 1.82) is 0 Å². The van der Waals surface area contributed by atoms with E-state index in [2.05, 4.69) is 72.4 Å². The van der Waals surface area contributed by atoms with Crippen LogP contribution in [0.1, 0.15) is 149 Å². The fourth-order valence-corrected chi connectivity index (χ4v) is 5.80. The summed E-state index contributed by atoms with van der Waals surface area (Å²) >= 11 is 7.79. The number of nitrogens with zero attached hydrogens (tertiary/aromatic N) is 1. The van der Waals surface area contributed by atoms with Crippen molar-refractivity contribution in [2.24, 2.45) is 0 Å². The molecular weight excluding hydrogens is 478 g/mol. The molecular formula is C32H57NOS2. The zero-order valence-corrected chi connectivity index (χ0v) is 26.6. The highest BCUT2D eigenvalue weighted by Crippen LogP contribution is 2.40. The van der Waals surface area contributed by atoms with Crippen LogP contribution in [0.15, 0.2) is 12.1 Å². The molecule has 36 heavy (non-hydrogen) atoms. The van der Waals surface area contributed by atoms with Crippen molar-refractivity contribution in [2.45, 2.75) is 149 Å². The van der Waals surface area contributed by atoms with Crippen molar-refractivity contribution >= 4 is 28.3 Å². The number of rotatable bonds is 16. The maximum absolute atomic E-state index is 11.1. The van der Waals surface area contributed by atoms with E-state index in [4.69, 9.17) is 12.2 Å². The quantitative estimate of drug-likeness (QED) is 0.168. The average molecular weight is 536 g/mol. The lowest BCUT2D eigenvalue weighted by Crippen LogP contribution is -2.29. The number of benzene rings is 1. The van der Waals surface area contributed by atoms with Gasteiger partial charge in [0, 0.05) is 18.8 Å². The number of phenolic OH excluding ortho intramolecular Hbond substituents is 1. The molecule has 1 aromatic carbocycles. The molecule has 2 nitrogen and oxygen atoms in total. The lowest BCUT2D eigenvalue weighted by atomic mass is 9.78. The molecule has 1 N–H and O–H groups in total. The molecule has 0 aliphatic rings. The van der Waals surface area contributed by atoms with Gasteiger partial charge in [0.25, 0.3) is 0 Å². The highest BCUT2D eigenvalue weighted by atomic mass is 32.2. The van der Waals surface area contributed by atoms with Gasteiger partial charge in [-0.3, -0.25) is 0 Å². The molecule has 0 saturated heterocycles. The van der Waals surface area contributed by atoms with Crippen molar-refractivity contribution in [1.82, 2.24) is 4.90 Å². The third kappa shape index (κ3) is 12.7. The number of phenols is 1. The Labute approximate surface area is 234 Å². The highest BCUT2D eigenvalue weighted by molar-refractivity contribution is 8.22. The average Bonchev–Trinajstić information content (AvgIpc) is 2.79. The number of aromatic hydroxyl groups is 1. The Morgan fingerprint density at radius 2 is 1.11 bits per heavy atom. The molecule has 0 radical (unpaired) electrons. The van der Waals surface area contributed by atoms with Crippen LogP contribution in [0, 0.1) is 0 Å². The van der Waals surface area contributed by atoms with Gasteiger partial charge < -0.3 is 10.0 Å². The molecule has 0 heterocycles. The number of hydrogen-bond acceptors (Lipinski definition) is 3. The van der Waals surface area contributed by atoms with E-state index < -0.39 is 0 Å². The first-order valence-electron chi connectivity index (χ1n) is 14.7. The van der Waals surface area contributed by atoms with Gasteiger partial charge in [-0.2, -0.15) is 0 Å². The third-order valence-corrected chi connectivity index (χ3v) is 8.56. The van der Waals surface area contributed by atoms with Gasteiger partial charge in [0.15, 0.2) is 0 Å². The summed E-state index contributed by atoms with van der Waals surface area (Å²) in [6.45, 7) is 19.8. The van der Waals surface area contributed by atoms with Gasteiger partial charge in [-0.25, -0.2) is 0 Å². The third-order valence-electron chi connectivity index (χ3n) is 6.97. The van der Waals surface area contributed by atoms with Crippen molar-refractivity contribution in [3.05, 3.63) is 28.8 Å². The van der Waals surface area contributed by atoms with E-state index in [-0.39, 0.29) is 10.8 Å². The van der Waals surface area contributed by atoms with E-state index in [0.29, 0.717) is 5.75 Å². The fourth-order valence-electron chi connectivity index (χ4n) is 4.62. The van der Waals surface area contributed by atoms with Crippen LogP contribution in [0.5, 0.6) is 5.75 Å². The second kappa shape index (κ2) is 17.0. The molecule has 1 rings (SSSR count). The lowest BCUT2D eigenvalue weighted by Gasteiger charge is -2.29. The van der Waals surface area contributed by atoms with E-state index in [1.54, 1.807) is 11.8 Å². The van der Waals surface area contributed by atoms with Crippen LogP contribution in [0.25, 0.3) is 0 Å². The normalized spacial score (nSPS) is 12.2. The highest BCUT2D eigenvalue weighted by Gasteiger charge is 2.26. The number of unbranched alkanes of at least 4 members (excludes halogenated alkanes) is 10. The van der Waals surface area contributed by atoms with Crippen LogP contribution in [0.2, 0.25) is 0 Å². The van der Waals surface area contributed by atoms with Crippen molar-refractivity contribution in [3.8, 4) is 5.75 Å². The number of thiocarbonyl (C=S) groups is 1. The molecule has 0 saturated carbocycles. The van der Waals surface area contributed by atoms with Crippen LogP contribution in [-0.4, -0.2) is 27.4 Å². The second-order valence-corrected chi connectivity index (χ2v) is 14.2. The summed E-state index contributed by atoms with van der Waals surface area (Å²) in [5, 5.41) is 11.1. The minimum atomic E-state index is -0.104.